The van der Waals surface area contributed by atoms with E-state index in [2.05, 4.69) is 32.4 Å². The molecule has 1 aliphatic heterocycles. The molecule has 2 aliphatic rings. The number of nitrogens with two attached hydrogens (primary N) is 1. The monoisotopic (exact) mass is 490 g/mol. The van der Waals surface area contributed by atoms with Gasteiger partial charge in [0, 0.05) is 13.5 Å². The van der Waals surface area contributed by atoms with Gasteiger partial charge in [0.25, 0.3) is 0 Å². The lowest BCUT2D eigenvalue weighted by atomic mass is 10.1. The number of aromatic nitrogens is 4. The molecular formula is C21H26N6O6S. The summed E-state index contributed by atoms with van der Waals surface area (Å²) in [6, 6.07) is 7.96. The molecule has 1 fully saturated rings. The van der Waals surface area contributed by atoms with Gasteiger partial charge in [-0.25, -0.2) is 28.5 Å². The summed E-state index contributed by atoms with van der Waals surface area (Å²) in [5.41, 5.74) is 3.17. The molecule has 0 saturated carbocycles. The highest BCUT2D eigenvalue weighted by Crippen LogP contribution is 2.37. The number of primary sulfonamides is 1. The van der Waals surface area contributed by atoms with Crippen LogP contribution in [-0.4, -0.2) is 75.4 Å². The standard InChI is InChI=1S/C21H26N6O6S/c1-32-14-8-11-4-2-3-5-12(11)15(14)26-19-16-20(24-9-23-19)27(10-25-16)21-18(29)17(28)13(33-21)6-7-34(22,30)31/h2-5,9-10,13-15,17-18,21,28-29H,6-8H2,1H3,(H2,22,30,31)(H,23,24,26)/t13-,14?,15?,17+,18-,21-/m1/s1. The van der Waals surface area contributed by atoms with E-state index in [1.54, 1.807) is 7.11 Å². The number of sulfonamides is 1. The highest BCUT2D eigenvalue weighted by Gasteiger charge is 2.44. The summed E-state index contributed by atoms with van der Waals surface area (Å²) in [5.74, 6) is 0.116. The van der Waals surface area contributed by atoms with Gasteiger partial charge >= 0.3 is 0 Å². The van der Waals surface area contributed by atoms with Crippen LogP contribution in [0.15, 0.2) is 36.9 Å². The lowest BCUT2D eigenvalue weighted by molar-refractivity contribution is -0.0353. The smallest absolute Gasteiger partial charge is 0.209 e. The van der Waals surface area contributed by atoms with Crippen molar-refractivity contribution in [1.82, 2.24) is 19.5 Å². The summed E-state index contributed by atoms with van der Waals surface area (Å²) in [5, 5.41) is 29.5. The fourth-order valence-electron chi connectivity index (χ4n) is 4.72. The van der Waals surface area contributed by atoms with E-state index in [1.807, 2.05) is 12.1 Å². The number of aliphatic hydroxyl groups is 2. The highest BCUT2D eigenvalue weighted by atomic mass is 32.2. The zero-order valence-corrected chi connectivity index (χ0v) is 19.2. The Hall–Kier alpha value is -2.68. The lowest BCUT2D eigenvalue weighted by Gasteiger charge is -2.21. The first-order chi connectivity index (χ1) is 16.3. The SMILES string of the molecule is COC1Cc2ccccc2C1Nc1ncnc2c1ncn2[C@@H]1O[C@H](CCS(N)(=O)=O)[C@H](O)[C@H]1O. The number of nitrogens with one attached hydrogen (secondary N) is 1. The van der Waals surface area contributed by atoms with Crippen LogP contribution in [0.5, 0.6) is 0 Å². The van der Waals surface area contributed by atoms with Gasteiger partial charge in [-0.2, -0.15) is 0 Å². The number of aliphatic hydroxyl groups excluding tert-OH is 2. The Morgan fingerprint density at radius 2 is 2.03 bits per heavy atom. The molecule has 1 saturated heterocycles. The molecule has 5 N–H and O–H groups in total. The van der Waals surface area contributed by atoms with Crippen molar-refractivity contribution in [2.75, 3.05) is 18.2 Å². The van der Waals surface area contributed by atoms with Crippen molar-refractivity contribution < 1.29 is 28.1 Å². The van der Waals surface area contributed by atoms with Crippen LogP contribution in [0.4, 0.5) is 5.82 Å². The molecule has 0 spiro atoms. The molecule has 3 aromatic rings. The Morgan fingerprint density at radius 3 is 2.79 bits per heavy atom. The summed E-state index contributed by atoms with van der Waals surface area (Å²) < 4.78 is 35.6. The molecule has 0 bridgehead atoms. The second-order valence-electron chi connectivity index (χ2n) is 8.55. The van der Waals surface area contributed by atoms with Crippen molar-refractivity contribution in [1.29, 1.82) is 0 Å². The number of rotatable bonds is 7. The molecular weight excluding hydrogens is 464 g/mol. The number of hydrogen-bond donors (Lipinski definition) is 4. The van der Waals surface area contributed by atoms with Crippen LogP contribution in [0.3, 0.4) is 0 Å². The molecule has 2 aromatic heterocycles. The second kappa shape index (κ2) is 8.83. The van der Waals surface area contributed by atoms with Crippen LogP contribution in [0.1, 0.15) is 29.8 Å². The average molecular weight is 491 g/mol. The van der Waals surface area contributed by atoms with Gasteiger partial charge in [-0.3, -0.25) is 4.57 Å². The largest absolute Gasteiger partial charge is 0.388 e. The number of imidazole rings is 1. The molecule has 0 amide bonds. The summed E-state index contributed by atoms with van der Waals surface area (Å²) >= 11 is 0. The minimum Gasteiger partial charge on any atom is -0.388 e. The number of benzene rings is 1. The third kappa shape index (κ3) is 4.15. The Morgan fingerprint density at radius 1 is 1.24 bits per heavy atom. The van der Waals surface area contributed by atoms with Crippen LogP contribution in [-0.2, 0) is 25.9 Å². The van der Waals surface area contributed by atoms with Crippen LogP contribution >= 0.6 is 0 Å². The third-order valence-electron chi connectivity index (χ3n) is 6.44. The van der Waals surface area contributed by atoms with Crippen molar-refractivity contribution in [3.63, 3.8) is 0 Å². The van der Waals surface area contributed by atoms with E-state index in [0.717, 1.165) is 12.0 Å². The zero-order valence-electron chi connectivity index (χ0n) is 18.4. The quantitative estimate of drug-likeness (QED) is 0.348. The van der Waals surface area contributed by atoms with Crippen molar-refractivity contribution in [3.8, 4) is 0 Å². The fraction of sp³-hybridized carbons (Fsp3) is 0.476. The molecule has 34 heavy (non-hydrogen) atoms. The molecule has 182 valence electrons. The Kier molecular flexibility index (Phi) is 6.00. The van der Waals surface area contributed by atoms with E-state index >= 15 is 0 Å². The predicted octanol–water partition coefficient (Wildman–Crippen LogP) is -0.152. The van der Waals surface area contributed by atoms with Crippen LogP contribution in [0.25, 0.3) is 11.2 Å². The Labute approximate surface area is 195 Å². The van der Waals surface area contributed by atoms with E-state index in [9.17, 15) is 18.6 Å². The first-order valence-corrected chi connectivity index (χ1v) is 12.5. The first-order valence-electron chi connectivity index (χ1n) is 10.8. The molecule has 3 heterocycles. The number of ether oxygens (including phenoxy) is 2. The van der Waals surface area contributed by atoms with Gasteiger partial charge in [-0.1, -0.05) is 24.3 Å². The Bertz CT molecular complexity index is 1300. The van der Waals surface area contributed by atoms with Gasteiger partial charge in [0.2, 0.25) is 10.0 Å². The maximum Gasteiger partial charge on any atom is 0.209 e. The van der Waals surface area contributed by atoms with E-state index in [-0.39, 0.29) is 24.3 Å². The maximum atomic E-state index is 11.3. The van der Waals surface area contributed by atoms with Gasteiger partial charge in [0.1, 0.15) is 18.5 Å². The molecule has 13 heteroatoms. The molecule has 0 radical (unpaired) electrons. The van der Waals surface area contributed by atoms with Gasteiger partial charge < -0.3 is 25.0 Å². The van der Waals surface area contributed by atoms with Gasteiger partial charge in [0.05, 0.1) is 30.3 Å². The molecule has 1 aromatic carbocycles. The minimum atomic E-state index is -3.73. The van der Waals surface area contributed by atoms with E-state index < -0.39 is 34.6 Å². The molecule has 12 nitrogen and oxygen atoms in total. The van der Waals surface area contributed by atoms with Crippen molar-refractivity contribution in [2.45, 2.75) is 49.5 Å². The summed E-state index contributed by atoms with van der Waals surface area (Å²) in [7, 11) is -2.06. The normalized spacial score (nSPS) is 28.9. The van der Waals surface area contributed by atoms with Crippen molar-refractivity contribution >= 4 is 27.0 Å². The number of anilines is 1. The number of hydrogen-bond acceptors (Lipinski definition) is 10. The van der Waals surface area contributed by atoms with E-state index in [4.69, 9.17) is 14.6 Å². The zero-order chi connectivity index (χ0) is 24.0. The van der Waals surface area contributed by atoms with Crippen LogP contribution in [0.2, 0.25) is 0 Å². The molecule has 1 aliphatic carbocycles. The third-order valence-corrected chi connectivity index (χ3v) is 7.24. The molecule has 5 rings (SSSR count). The topological polar surface area (TPSA) is 175 Å². The predicted molar refractivity (Wildman–Crippen MR) is 121 cm³/mol. The molecule has 2 unspecified atom stereocenters. The number of nitrogens with zero attached hydrogens (tertiary/aromatic N) is 4. The summed E-state index contributed by atoms with van der Waals surface area (Å²) in [4.78, 5) is 13.1. The van der Waals surface area contributed by atoms with Crippen LogP contribution in [0, 0.1) is 0 Å². The number of fused-ring (bicyclic) bond motifs is 2. The second-order valence-corrected chi connectivity index (χ2v) is 10.3. The van der Waals surface area contributed by atoms with Gasteiger partial charge in [-0.15, -0.1) is 0 Å². The Balaban J connectivity index is 1.42. The van der Waals surface area contributed by atoms with Gasteiger partial charge in [-0.05, 0) is 17.5 Å². The minimum absolute atomic E-state index is 0.0541. The first kappa shape index (κ1) is 23.1. The fourth-order valence-corrected chi connectivity index (χ4v) is 5.28. The van der Waals surface area contributed by atoms with E-state index in [1.165, 1.54) is 22.8 Å². The molecule has 6 atom stereocenters. The van der Waals surface area contributed by atoms with E-state index in [0.29, 0.717) is 17.0 Å². The van der Waals surface area contributed by atoms with Crippen molar-refractivity contribution in [2.24, 2.45) is 5.14 Å². The average Bonchev–Trinajstić information content (AvgIpc) is 3.47. The van der Waals surface area contributed by atoms with Crippen molar-refractivity contribution in [3.05, 3.63) is 48.0 Å². The lowest BCUT2D eigenvalue weighted by Crippen LogP contribution is -2.33. The van der Waals surface area contributed by atoms with Crippen LogP contribution < -0.4 is 10.5 Å². The summed E-state index contributed by atoms with van der Waals surface area (Å²) in [6.45, 7) is 0. The summed E-state index contributed by atoms with van der Waals surface area (Å²) in [6.07, 6.45) is -1.06. The maximum absolute atomic E-state index is 11.3. The van der Waals surface area contributed by atoms with Gasteiger partial charge in [0.15, 0.2) is 23.2 Å². The number of methoxy groups -OCH3 is 1. The highest BCUT2D eigenvalue weighted by molar-refractivity contribution is 7.89.